The summed E-state index contributed by atoms with van der Waals surface area (Å²) in [5.74, 6) is 0.654. The number of hydrogen-bond donors (Lipinski definition) is 2. The highest BCUT2D eigenvalue weighted by Crippen LogP contribution is 2.25. The van der Waals surface area contributed by atoms with Gasteiger partial charge in [-0.15, -0.1) is 0 Å². The molecule has 0 spiro atoms. The van der Waals surface area contributed by atoms with E-state index in [1.54, 1.807) is 7.11 Å². The van der Waals surface area contributed by atoms with Crippen molar-refractivity contribution < 1.29 is 9.94 Å². The molecular weight excluding hydrogens is 266 g/mol. The highest BCUT2D eigenvalue weighted by molar-refractivity contribution is 5.99. The molecular formula is C16H27N3O2. The normalized spacial score (nSPS) is 14.3. The fourth-order valence-corrected chi connectivity index (χ4v) is 2.19. The Balaban J connectivity index is 3.00. The molecule has 3 N–H and O–H groups in total. The molecule has 0 radical (unpaired) electrons. The Morgan fingerprint density at radius 1 is 1.43 bits per heavy atom. The van der Waals surface area contributed by atoms with Crippen molar-refractivity contribution in [2.75, 3.05) is 14.2 Å². The van der Waals surface area contributed by atoms with Crippen LogP contribution >= 0.6 is 0 Å². The molecule has 0 aromatic heterocycles. The molecule has 1 rings (SSSR count). The summed E-state index contributed by atoms with van der Waals surface area (Å²) in [5.41, 5.74) is 7.61. The first-order chi connectivity index (χ1) is 9.70. The van der Waals surface area contributed by atoms with Crippen LogP contribution in [0.2, 0.25) is 0 Å². The molecule has 0 aliphatic carbocycles. The third-order valence-electron chi connectivity index (χ3n) is 3.99. The third kappa shape index (κ3) is 4.36. The largest absolute Gasteiger partial charge is 0.496 e. The van der Waals surface area contributed by atoms with E-state index in [1.165, 1.54) is 0 Å². The number of benzene rings is 1. The van der Waals surface area contributed by atoms with E-state index in [0.717, 1.165) is 12.1 Å². The molecule has 1 atom stereocenters. The molecule has 0 amide bonds. The fourth-order valence-electron chi connectivity index (χ4n) is 2.19. The highest BCUT2D eigenvalue weighted by Gasteiger charge is 2.24. The predicted octanol–water partition coefficient (Wildman–Crippen LogP) is 2.66. The van der Waals surface area contributed by atoms with Crippen LogP contribution in [-0.4, -0.2) is 36.1 Å². The van der Waals surface area contributed by atoms with Crippen LogP contribution in [0.3, 0.4) is 0 Å². The first kappa shape index (κ1) is 17.3. The Hall–Kier alpha value is -1.75. The zero-order chi connectivity index (χ0) is 16.2. The Morgan fingerprint density at radius 2 is 2.05 bits per heavy atom. The standard InChI is InChI=1S/C16H27N3O2/c1-11(16(2,3)4)19(5)10-12-7-8-14(21-6)13(9-12)15(17)18-20/h7-9,11,20H,10H2,1-6H3,(H2,17,18). The molecule has 118 valence electrons. The summed E-state index contributed by atoms with van der Waals surface area (Å²) in [5, 5.41) is 11.9. The first-order valence-electron chi connectivity index (χ1n) is 7.05. The maximum absolute atomic E-state index is 8.87. The summed E-state index contributed by atoms with van der Waals surface area (Å²) in [4.78, 5) is 2.29. The van der Waals surface area contributed by atoms with Gasteiger partial charge in [-0.25, -0.2) is 0 Å². The topological polar surface area (TPSA) is 71.1 Å². The van der Waals surface area contributed by atoms with E-state index in [4.69, 9.17) is 15.7 Å². The van der Waals surface area contributed by atoms with E-state index >= 15 is 0 Å². The van der Waals surface area contributed by atoms with Gasteiger partial charge in [-0.05, 0) is 37.1 Å². The lowest BCUT2D eigenvalue weighted by Gasteiger charge is -2.35. The minimum atomic E-state index is 0.0558. The van der Waals surface area contributed by atoms with E-state index < -0.39 is 0 Å². The third-order valence-corrected chi connectivity index (χ3v) is 3.99. The van der Waals surface area contributed by atoms with Gasteiger partial charge in [-0.2, -0.15) is 0 Å². The van der Waals surface area contributed by atoms with Crippen LogP contribution in [0.4, 0.5) is 0 Å². The molecule has 0 bridgehead atoms. The summed E-state index contributed by atoms with van der Waals surface area (Å²) in [6, 6.07) is 6.17. The van der Waals surface area contributed by atoms with Gasteiger partial charge in [0.2, 0.25) is 0 Å². The summed E-state index contributed by atoms with van der Waals surface area (Å²) >= 11 is 0. The zero-order valence-corrected chi connectivity index (χ0v) is 13.8. The van der Waals surface area contributed by atoms with Gasteiger partial charge in [0, 0.05) is 12.6 Å². The van der Waals surface area contributed by atoms with Gasteiger partial charge in [0.25, 0.3) is 0 Å². The number of amidine groups is 1. The Labute approximate surface area is 127 Å². The summed E-state index contributed by atoms with van der Waals surface area (Å²) in [7, 11) is 3.67. The Kier molecular flexibility index (Phi) is 5.61. The molecule has 0 fully saturated rings. The highest BCUT2D eigenvalue weighted by atomic mass is 16.5. The predicted molar refractivity (Wildman–Crippen MR) is 85.9 cm³/mol. The number of methoxy groups -OCH3 is 1. The number of rotatable bonds is 5. The molecule has 0 saturated heterocycles. The van der Waals surface area contributed by atoms with Crippen molar-refractivity contribution in [3.05, 3.63) is 29.3 Å². The molecule has 1 aromatic rings. The van der Waals surface area contributed by atoms with Crippen molar-refractivity contribution in [3.8, 4) is 5.75 Å². The molecule has 21 heavy (non-hydrogen) atoms. The molecule has 0 heterocycles. The van der Waals surface area contributed by atoms with Gasteiger partial charge in [-0.1, -0.05) is 32.0 Å². The quantitative estimate of drug-likeness (QED) is 0.379. The van der Waals surface area contributed by atoms with Crippen molar-refractivity contribution >= 4 is 5.84 Å². The molecule has 1 unspecified atom stereocenters. The first-order valence-corrected chi connectivity index (χ1v) is 7.05. The van der Waals surface area contributed by atoms with Crippen LogP contribution in [0.15, 0.2) is 23.4 Å². The average Bonchev–Trinajstić information content (AvgIpc) is 2.44. The smallest absolute Gasteiger partial charge is 0.173 e. The molecule has 0 aliphatic rings. The summed E-state index contributed by atoms with van der Waals surface area (Å²) in [6.45, 7) is 9.68. The van der Waals surface area contributed by atoms with Crippen molar-refractivity contribution in [2.45, 2.75) is 40.3 Å². The van der Waals surface area contributed by atoms with Gasteiger partial charge in [0.15, 0.2) is 5.84 Å². The Morgan fingerprint density at radius 3 is 2.52 bits per heavy atom. The van der Waals surface area contributed by atoms with Crippen LogP contribution in [0.25, 0.3) is 0 Å². The molecule has 1 aromatic carbocycles. The van der Waals surface area contributed by atoms with E-state index in [-0.39, 0.29) is 11.3 Å². The van der Waals surface area contributed by atoms with E-state index in [9.17, 15) is 0 Å². The maximum Gasteiger partial charge on any atom is 0.173 e. The SMILES string of the molecule is COc1ccc(CN(C)C(C)C(C)(C)C)cc1C(N)=NO. The number of ether oxygens (including phenoxy) is 1. The van der Waals surface area contributed by atoms with E-state index in [2.05, 4.69) is 44.8 Å². The summed E-state index contributed by atoms with van der Waals surface area (Å²) in [6.07, 6.45) is 0. The van der Waals surface area contributed by atoms with Gasteiger partial charge >= 0.3 is 0 Å². The molecule has 0 saturated carbocycles. The van der Waals surface area contributed by atoms with Crippen LogP contribution in [0.5, 0.6) is 5.75 Å². The minimum Gasteiger partial charge on any atom is -0.496 e. The lowest BCUT2D eigenvalue weighted by Crippen LogP contribution is -2.38. The minimum absolute atomic E-state index is 0.0558. The van der Waals surface area contributed by atoms with Crippen LogP contribution < -0.4 is 10.5 Å². The van der Waals surface area contributed by atoms with Crippen LogP contribution in [-0.2, 0) is 6.54 Å². The van der Waals surface area contributed by atoms with Crippen molar-refractivity contribution in [2.24, 2.45) is 16.3 Å². The molecule has 5 heteroatoms. The second-order valence-corrected chi connectivity index (χ2v) is 6.48. The second-order valence-electron chi connectivity index (χ2n) is 6.48. The van der Waals surface area contributed by atoms with Gasteiger partial charge in [0.1, 0.15) is 5.75 Å². The number of nitrogens with two attached hydrogens (primary N) is 1. The van der Waals surface area contributed by atoms with Crippen molar-refractivity contribution in [3.63, 3.8) is 0 Å². The number of nitrogens with zero attached hydrogens (tertiary/aromatic N) is 2. The lowest BCUT2D eigenvalue weighted by molar-refractivity contribution is 0.134. The lowest BCUT2D eigenvalue weighted by atomic mass is 9.87. The average molecular weight is 293 g/mol. The van der Waals surface area contributed by atoms with Crippen molar-refractivity contribution in [1.29, 1.82) is 0 Å². The van der Waals surface area contributed by atoms with Gasteiger partial charge in [-0.3, -0.25) is 4.90 Å². The van der Waals surface area contributed by atoms with Crippen LogP contribution in [0.1, 0.15) is 38.8 Å². The maximum atomic E-state index is 8.87. The van der Waals surface area contributed by atoms with Crippen molar-refractivity contribution in [1.82, 2.24) is 4.90 Å². The molecule has 5 nitrogen and oxygen atoms in total. The second kappa shape index (κ2) is 6.80. The monoisotopic (exact) mass is 293 g/mol. The Bertz CT molecular complexity index is 507. The fraction of sp³-hybridized carbons (Fsp3) is 0.562. The number of oxime groups is 1. The zero-order valence-electron chi connectivity index (χ0n) is 13.8. The summed E-state index contributed by atoms with van der Waals surface area (Å²) < 4.78 is 5.24. The van der Waals surface area contributed by atoms with E-state index in [1.807, 2.05) is 18.2 Å². The molecule has 0 aliphatic heterocycles. The van der Waals surface area contributed by atoms with Gasteiger partial charge in [0.05, 0.1) is 12.7 Å². The van der Waals surface area contributed by atoms with Gasteiger partial charge < -0.3 is 15.7 Å². The van der Waals surface area contributed by atoms with E-state index in [0.29, 0.717) is 17.4 Å². The van der Waals surface area contributed by atoms with Crippen LogP contribution in [0, 0.1) is 5.41 Å². The number of hydrogen-bond acceptors (Lipinski definition) is 4.